The number of aromatic nitrogens is 2. The highest BCUT2D eigenvalue weighted by Gasteiger charge is 2.43. The Morgan fingerprint density at radius 3 is 2.72 bits per heavy atom. The molecule has 3 aromatic rings. The summed E-state index contributed by atoms with van der Waals surface area (Å²) < 4.78 is 59.5. The van der Waals surface area contributed by atoms with Gasteiger partial charge in [0, 0.05) is 48.7 Å². The van der Waals surface area contributed by atoms with E-state index in [1.807, 2.05) is 13.0 Å². The number of ether oxygens (including phenoxy) is 1. The third kappa shape index (κ3) is 5.36. The average Bonchev–Trinajstić information content (AvgIpc) is 2.91. The fraction of sp³-hybridized carbons (Fsp3) is 0.357. The number of nitrogens with zero attached hydrogens (tertiary/aromatic N) is 3. The van der Waals surface area contributed by atoms with Crippen molar-refractivity contribution in [1.29, 1.82) is 0 Å². The third-order valence-electron chi connectivity index (χ3n) is 7.09. The molecule has 2 aliphatic heterocycles. The monoisotopic (exact) mass is 542 g/mol. The van der Waals surface area contributed by atoms with Gasteiger partial charge in [-0.25, -0.2) is 13.8 Å². The Balaban J connectivity index is 1.47. The van der Waals surface area contributed by atoms with Crippen molar-refractivity contribution >= 4 is 23.3 Å². The topological polar surface area (TPSA) is 84.4 Å². The van der Waals surface area contributed by atoms with Crippen LogP contribution in [0.1, 0.15) is 46.4 Å². The molecule has 0 saturated carbocycles. The number of nitrogens with one attached hydrogen (secondary N) is 1. The number of aryl methyl sites for hydroxylation is 1. The molecular formula is C28H26F4N4O3. The Hall–Kier alpha value is -3.86. The maximum absolute atomic E-state index is 13.7. The summed E-state index contributed by atoms with van der Waals surface area (Å²) in [4.78, 5) is 35.0. The van der Waals surface area contributed by atoms with E-state index < -0.39 is 42.3 Å². The predicted octanol–water partition coefficient (Wildman–Crippen LogP) is 5.55. The van der Waals surface area contributed by atoms with Gasteiger partial charge in [-0.1, -0.05) is 6.07 Å². The van der Waals surface area contributed by atoms with Gasteiger partial charge < -0.3 is 10.1 Å². The number of anilines is 2. The number of benzene rings is 1. The van der Waals surface area contributed by atoms with Crippen LogP contribution in [-0.4, -0.2) is 48.0 Å². The lowest BCUT2D eigenvalue weighted by molar-refractivity contribution is -0.128. The minimum atomic E-state index is -3.19. The van der Waals surface area contributed by atoms with Crippen molar-refractivity contribution in [3.8, 4) is 11.1 Å². The molecule has 2 aromatic heterocycles. The van der Waals surface area contributed by atoms with Gasteiger partial charge >= 0.3 is 0 Å². The lowest BCUT2D eigenvalue weighted by Gasteiger charge is -2.40. The van der Waals surface area contributed by atoms with Crippen LogP contribution < -0.4 is 10.2 Å². The fourth-order valence-corrected chi connectivity index (χ4v) is 5.12. The summed E-state index contributed by atoms with van der Waals surface area (Å²) in [5, 5.41) is 2.73. The van der Waals surface area contributed by atoms with E-state index in [0.717, 1.165) is 28.3 Å². The van der Waals surface area contributed by atoms with Crippen LogP contribution in [-0.2, 0) is 15.5 Å². The van der Waals surface area contributed by atoms with Crippen LogP contribution in [0.3, 0.4) is 0 Å². The molecule has 0 aliphatic carbocycles. The molecule has 1 fully saturated rings. The normalized spacial score (nSPS) is 19.1. The summed E-state index contributed by atoms with van der Waals surface area (Å²) in [6.07, 6.45) is 0.534. The molecule has 1 saturated heterocycles. The summed E-state index contributed by atoms with van der Waals surface area (Å²) in [6.45, 7) is 2.45. The molecule has 5 rings (SSSR count). The molecule has 2 amide bonds. The van der Waals surface area contributed by atoms with E-state index >= 15 is 0 Å². The molecule has 0 bridgehead atoms. The first-order chi connectivity index (χ1) is 18.5. The molecule has 1 N–H and O–H groups in total. The van der Waals surface area contributed by atoms with Gasteiger partial charge in [0.2, 0.25) is 5.91 Å². The number of halogens is 4. The first-order valence-corrected chi connectivity index (χ1v) is 12.5. The standard InChI is InChI=1S/C28H26F4N4O3/c1-15-3-4-18(35-26(37)16-5-7-33-23(10-16)28(2,31)32)11-20(15)17-9-21-19-6-8-39-14-22(19)27(38)36(13-24(29)30)25(21)34-12-17/h3-5,7,9-12,19,22,24H,6,8,13-14H2,1-2H3,(H,35,37)/t19-,22+/m0/s1. The summed E-state index contributed by atoms with van der Waals surface area (Å²) in [7, 11) is 0. The molecule has 2 aliphatic rings. The number of fused-ring (bicyclic) bond motifs is 3. The van der Waals surface area contributed by atoms with E-state index in [4.69, 9.17) is 4.74 Å². The van der Waals surface area contributed by atoms with Crippen molar-refractivity contribution in [2.45, 2.75) is 38.5 Å². The largest absolute Gasteiger partial charge is 0.381 e. The molecule has 204 valence electrons. The van der Waals surface area contributed by atoms with Crippen molar-refractivity contribution in [2.24, 2.45) is 5.92 Å². The SMILES string of the molecule is Cc1ccc(NC(=O)c2ccnc(C(C)(F)F)c2)cc1-c1cnc2c(c1)[C@@H]1CCOC[C@H]1C(=O)N2CC(F)F. The van der Waals surface area contributed by atoms with Crippen molar-refractivity contribution < 1.29 is 31.9 Å². The summed E-state index contributed by atoms with van der Waals surface area (Å²) in [5.74, 6) is -4.71. The second kappa shape index (κ2) is 10.4. The van der Waals surface area contributed by atoms with Crippen LogP contribution >= 0.6 is 0 Å². The first-order valence-electron chi connectivity index (χ1n) is 12.5. The number of amides is 2. The average molecular weight is 543 g/mol. The lowest BCUT2D eigenvalue weighted by Crippen LogP contribution is -2.49. The molecule has 2 atom stereocenters. The van der Waals surface area contributed by atoms with Gasteiger partial charge in [-0.3, -0.25) is 19.5 Å². The second-order valence-electron chi connectivity index (χ2n) is 9.86. The van der Waals surface area contributed by atoms with Crippen molar-refractivity contribution in [3.05, 3.63) is 71.2 Å². The van der Waals surface area contributed by atoms with Gasteiger partial charge in [0.1, 0.15) is 11.5 Å². The fourth-order valence-electron chi connectivity index (χ4n) is 5.12. The number of carbonyl (C=O) groups is 2. The number of hydrogen-bond donors (Lipinski definition) is 1. The van der Waals surface area contributed by atoms with Gasteiger partial charge in [-0.2, -0.15) is 8.78 Å². The van der Waals surface area contributed by atoms with E-state index in [-0.39, 0.29) is 23.9 Å². The van der Waals surface area contributed by atoms with Crippen molar-refractivity contribution in [2.75, 3.05) is 30.0 Å². The van der Waals surface area contributed by atoms with Crippen LogP contribution in [0.4, 0.5) is 29.1 Å². The molecule has 11 heteroatoms. The van der Waals surface area contributed by atoms with Gasteiger partial charge in [-0.15, -0.1) is 0 Å². The quantitative estimate of drug-likeness (QED) is 0.413. The summed E-state index contributed by atoms with van der Waals surface area (Å²) >= 11 is 0. The van der Waals surface area contributed by atoms with Gasteiger partial charge in [0.05, 0.1) is 19.1 Å². The number of carbonyl (C=O) groups excluding carboxylic acids is 2. The molecule has 39 heavy (non-hydrogen) atoms. The van der Waals surface area contributed by atoms with Crippen molar-refractivity contribution in [1.82, 2.24) is 9.97 Å². The zero-order valence-electron chi connectivity index (χ0n) is 21.3. The summed E-state index contributed by atoms with van der Waals surface area (Å²) in [6, 6.07) is 9.49. The van der Waals surface area contributed by atoms with Gasteiger partial charge in [-0.05, 0) is 60.4 Å². The number of alkyl halides is 4. The molecule has 0 spiro atoms. The molecule has 1 aromatic carbocycles. The predicted molar refractivity (Wildman–Crippen MR) is 136 cm³/mol. The Morgan fingerprint density at radius 2 is 1.97 bits per heavy atom. The zero-order valence-corrected chi connectivity index (χ0v) is 21.3. The van der Waals surface area contributed by atoms with Crippen LogP contribution in [0.15, 0.2) is 48.8 Å². The molecule has 0 unspecified atom stereocenters. The minimum absolute atomic E-state index is 0.0356. The molecule has 7 nitrogen and oxygen atoms in total. The first kappa shape index (κ1) is 26.7. The van der Waals surface area contributed by atoms with E-state index in [0.29, 0.717) is 36.8 Å². The Bertz CT molecular complexity index is 1430. The van der Waals surface area contributed by atoms with Crippen molar-refractivity contribution in [3.63, 3.8) is 0 Å². The molecular weight excluding hydrogens is 516 g/mol. The smallest absolute Gasteiger partial charge is 0.286 e. The highest BCUT2D eigenvalue weighted by atomic mass is 19.3. The Morgan fingerprint density at radius 1 is 1.18 bits per heavy atom. The van der Waals surface area contributed by atoms with E-state index in [1.165, 1.54) is 12.3 Å². The van der Waals surface area contributed by atoms with Crippen LogP contribution in [0.25, 0.3) is 11.1 Å². The van der Waals surface area contributed by atoms with Gasteiger partial charge in [0.15, 0.2) is 0 Å². The summed E-state index contributed by atoms with van der Waals surface area (Å²) in [5.41, 5.74) is 2.96. The maximum Gasteiger partial charge on any atom is 0.286 e. The third-order valence-corrected chi connectivity index (χ3v) is 7.09. The Kier molecular flexibility index (Phi) is 7.11. The van der Waals surface area contributed by atoms with Crippen LogP contribution in [0, 0.1) is 12.8 Å². The second-order valence-corrected chi connectivity index (χ2v) is 9.86. The van der Waals surface area contributed by atoms with E-state index in [2.05, 4.69) is 15.3 Å². The maximum atomic E-state index is 13.7. The lowest BCUT2D eigenvalue weighted by atomic mass is 9.78. The zero-order chi connectivity index (χ0) is 27.9. The van der Waals surface area contributed by atoms with Gasteiger partial charge in [0.25, 0.3) is 18.3 Å². The number of hydrogen-bond acceptors (Lipinski definition) is 5. The highest BCUT2D eigenvalue weighted by molar-refractivity contribution is 6.04. The minimum Gasteiger partial charge on any atom is -0.381 e. The van der Waals surface area contributed by atoms with E-state index in [9.17, 15) is 27.2 Å². The van der Waals surface area contributed by atoms with Crippen LogP contribution in [0.2, 0.25) is 0 Å². The molecule has 4 heterocycles. The Labute approximate surface area is 222 Å². The number of pyridine rings is 2. The highest BCUT2D eigenvalue weighted by Crippen LogP contribution is 2.44. The van der Waals surface area contributed by atoms with Crippen LogP contribution in [0.5, 0.6) is 0 Å². The number of rotatable bonds is 6. The van der Waals surface area contributed by atoms with E-state index in [1.54, 1.807) is 18.2 Å². The molecule has 0 radical (unpaired) electrons.